The summed E-state index contributed by atoms with van der Waals surface area (Å²) in [4.78, 5) is 2.45. The summed E-state index contributed by atoms with van der Waals surface area (Å²) in [6, 6.07) is 10.8. The maximum Gasteiger partial charge on any atom is 0.198 e. The van der Waals surface area contributed by atoms with E-state index in [2.05, 4.69) is 40.3 Å². The first-order valence-electron chi connectivity index (χ1n) is 7.57. The van der Waals surface area contributed by atoms with Crippen molar-refractivity contribution in [3.05, 3.63) is 47.0 Å². The van der Waals surface area contributed by atoms with Crippen molar-refractivity contribution in [2.45, 2.75) is 25.9 Å². The molecular formula is C16H22N4S. The Hall–Kier alpha value is -1.46. The van der Waals surface area contributed by atoms with Crippen LogP contribution in [0.25, 0.3) is 0 Å². The van der Waals surface area contributed by atoms with Gasteiger partial charge in [-0.15, -0.1) is 0 Å². The number of hydrogen-bond acceptors (Lipinski definition) is 3. The first-order valence-corrected chi connectivity index (χ1v) is 7.98. The van der Waals surface area contributed by atoms with E-state index in [-0.39, 0.29) is 0 Å². The second-order valence-electron chi connectivity index (χ2n) is 5.92. The molecule has 0 unspecified atom stereocenters. The number of likely N-dealkylation sites (tertiary alicyclic amines) is 1. The van der Waals surface area contributed by atoms with Crippen molar-refractivity contribution in [1.82, 2.24) is 19.2 Å². The van der Waals surface area contributed by atoms with Crippen LogP contribution in [0.2, 0.25) is 0 Å². The zero-order valence-electron chi connectivity index (χ0n) is 12.5. The molecule has 0 atom stereocenters. The quantitative estimate of drug-likeness (QED) is 0.812. The van der Waals surface area contributed by atoms with Crippen LogP contribution in [-0.4, -0.2) is 32.3 Å². The predicted octanol–water partition coefficient (Wildman–Crippen LogP) is 2.86. The number of hydrogen-bond donors (Lipinski definition) is 0. The Labute approximate surface area is 131 Å². The van der Waals surface area contributed by atoms with Gasteiger partial charge in [0.25, 0.3) is 0 Å². The molecule has 1 aromatic carbocycles. The summed E-state index contributed by atoms with van der Waals surface area (Å²) in [6.45, 7) is 3.09. The normalized spacial score (nSPS) is 17.2. The molecular weight excluding hydrogens is 280 g/mol. The van der Waals surface area contributed by atoms with Gasteiger partial charge in [-0.3, -0.25) is 4.90 Å². The number of benzene rings is 1. The minimum absolute atomic E-state index is 0.793. The van der Waals surface area contributed by atoms with E-state index in [9.17, 15) is 0 Å². The third-order valence-corrected chi connectivity index (χ3v) is 4.79. The van der Waals surface area contributed by atoms with Gasteiger partial charge in [-0.2, -0.15) is 5.10 Å². The Kier molecular flexibility index (Phi) is 4.51. The van der Waals surface area contributed by atoms with Crippen LogP contribution in [0.1, 0.15) is 18.4 Å². The van der Waals surface area contributed by atoms with Crippen molar-refractivity contribution in [3.63, 3.8) is 0 Å². The molecule has 0 saturated carbocycles. The first-order chi connectivity index (χ1) is 10.2. The summed E-state index contributed by atoms with van der Waals surface area (Å²) in [5.74, 6) is 0.806. The highest BCUT2D eigenvalue weighted by atomic mass is 32.1. The third kappa shape index (κ3) is 3.60. The topological polar surface area (TPSA) is 26.0 Å². The van der Waals surface area contributed by atoms with Crippen LogP contribution in [0, 0.1) is 10.7 Å². The molecule has 3 rings (SSSR count). The molecule has 0 amide bonds. The molecule has 1 saturated heterocycles. The van der Waals surface area contributed by atoms with Crippen molar-refractivity contribution < 1.29 is 0 Å². The molecule has 2 aromatic rings. The minimum Gasteiger partial charge on any atom is -0.310 e. The van der Waals surface area contributed by atoms with E-state index < -0.39 is 0 Å². The molecule has 2 heterocycles. The molecule has 1 aliphatic heterocycles. The molecule has 1 aromatic heterocycles. The Morgan fingerprint density at radius 3 is 2.52 bits per heavy atom. The van der Waals surface area contributed by atoms with Gasteiger partial charge in [0.2, 0.25) is 0 Å². The summed E-state index contributed by atoms with van der Waals surface area (Å²) < 4.78 is 4.59. The Balaban J connectivity index is 1.51. The van der Waals surface area contributed by atoms with E-state index in [0.29, 0.717) is 0 Å². The van der Waals surface area contributed by atoms with Gasteiger partial charge in [-0.25, -0.2) is 4.68 Å². The fraction of sp³-hybridized carbons (Fsp3) is 0.500. The number of nitrogens with zero attached hydrogens (tertiary/aromatic N) is 4. The van der Waals surface area contributed by atoms with Gasteiger partial charge >= 0.3 is 0 Å². The lowest BCUT2D eigenvalue weighted by molar-refractivity contribution is 0.140. The maximum absolute atomic E-state index is 5.34. The average molecular weight is 302 g/mol. The van der Waals surface area contributed by atoms with Crippen LogP contribution in [0.4, 0.5) is 0 Å². The summed E-state index contributed by atoms with van der Waals surface area (Å²) in [7, 11) is 1.94. The summed E-state index contributed by atoms with van der Waals surface area (Å²) >= 11 is 5.34. The van der Waals surface area contributed by atoms with Crippen LogP contribution in [0.15, 0.2) is 36.7 Å². The van der Waals surface area contributed by atoms with Gasteiger partial charge in [0, 0.05) is 20.1 Å². The number of rotatable bonds is 4. The second-order valence-corrected chi connectivity index (χ2v) is 6.28. The fourth-order valence-corrected chi connectivity index (χ4v) is 3.14. The number of piperidine rings is 1. The lowest BCUT2D eigenvalue weighted by Crippen LogP contribution is -2.36. The Morgan fingerprint density at radius 1 is 1.19 bits per heavy atom. The molecule has 21 heavy (non-hydrogen) atoms. The van der Waals surface area contributed by atoms with E-state index in [1.165, 1.54) is 24.8 Å². The van der Waals surface area contributed by atoms with Gasteiger partial charge in [0.15, 0.2) is 4.77 Å². The first kappa shape index (κ1) is 14.5. The van der Waals surface area contributed by atoms with Crippen LogP contribution in [0.3, 0.4) is 0 Å². The van der Waals surface area contributed by atoms with Crippen molar-refractivity contribution in [2.75, 3.05) is 13.1 Å². The van der Waals surface area contributed by atoms with Crippen molar-refractivity contribution >= 4 is 12.2 Å². The van der Waals surface area contributed by atoms with Crippen LogP contribution in [0.5, 0.6) is 0 Å². The maximum atomic E-state index is 5.34. The largest absolute Gasteiger partial charge is 0.310 e. The van der Waals surface area contributed by atoms with E-state index >= 15 is 0 Å². The smallest absolute Gasteiger partial charge is 0.198 e. The molecule has 5 heteroatoms. The highest BCUT2D eigenvalue weighted by Gasteiger charge is 2.20. The van der Waals surface area contributed by atoms with E-state index in [0.717, 1.165) is 30.4 Å². The van der Waals surface area contributed by atoms with Gasteiger partial charge in [0.1, 0.15) is 6.33 Å². The number of aryl methyl sites for hydroxylation is 1. The summed E-state index contributed by atoms with van der Waals surface area (Å²) in [5.41, 5.74) is 1.46. The molecule has 4 nitrogen and oxygen atoms in total. The Morgan fingerprint density at radius 2 is 1.90 bits per heavy atom. The van der Waals surface area contributed by atoms with Gasteiger partial charge in [-0.05, 0) is 43.0 Å². The second kappa shape index (κ2) is 6.54. The SMILES string of the molecule is Cn1cnn(CN2CCC(Cc3ccccc3)CC2)c1=S. The zero-order valence-corrected chi connectivity index (χ0v) is 13.3. The zero-order chi connectivity index (χ0) is 14.7. The standard InChI is InChI=1S/C16H22N4S/c1-18-12-17-20(16(18)21)13-19-9-7-15(8-10-19)11-14-5-3-2-4-6-14/h2-6,12,15H,7-11,13H2,1H3. The monoisotopic (exact) mass is 302 g/mol. The highest BCUT2D eigenvalue weighted by molar-refractivity contribution is 7.71. The molecule has 0 aliphatic carbocycles. The van der Waals surface area contributed by atoms with Gasteiger partial charge in [-0.1, -0.05) is 30.3 Å². The van der Waals surface area contributed by atoms with E-state index in [4.69, 9.17) is 12.2 Å². The molecule has 0 N–H and O–H groups in total. The van der Waals surface area contributed by atoms with E-state index in [1.54, 1.807) is 6.33 Å². The minimum atomic E-state index is 0.793. The molecule has 1 fully saturated rings. The molecule has 112 valence electrons. The van der Waals surface area contributed by atoms with Crippen LogP contribution >= 0.6 is 12.2 Å². The fourth-order valence-electron chi connectivity index (χ4n) is 2.99. The summed E-state index contributed by atoms with van der Waals surface area (Å²) in [6.07, 6.45) is 5.51. The third-order valence-electron chi connectivity index (χ3n) is 4.30. The molecule has 1 aliphatic rings. The van der Waals surface area contributed by atoms with Crippen molar-refractivity contribution in [1.29, 1.82) is 0 Å². The van der Waals surface area contributed by atoms with Crippen molar-refractivity contribution in [3.8, 4) is 0 Å². The summed E-state index contributed by atoms with van der Waals surface area (Å²) in [5, 5.41) is 4.33. The van der Waals surface area contributed by atoms with Gasteiger partial charge in [0.05, 0.1) is 6.67 Å². The lowest BCUT2D eigenvalue weighted by Gasteiger charge is -2.31. The molecule has 0 spiro atoms. The van der Waals surface area contributed by atoms with Crippen LogP contribution in [-0.2, 0) is 20.1 Å². The molecule has 0 radical (unpaired) electrons. The predicted molar refractivity (Wildman–Crippen MR) is 86.5 cm³/mol. The molecule has 0 bridgehead atoms. The van der Waals surface area contributed by atoms with E-state index in [1.807, 2.05) is 16.3 Å². The Bertz CT molecular complexity index is 623. The lowest BCUT2D eigenvalue weighted by atomic mass is 9.90. The van der Waals surface area contributed by atoms with Gasteiger partial charge < -0.3 is 4.57 Å². The van der Waals surface area contributed by atoms with Crippen molar-refractivity contribution in [2.24, 2.45) is 13.0 Å². The number of aromatic nitrogens is 3. The average Bonchev–Trinajstić information content (AvgIpc) is 2.82. The van der Waals surface area contributed by atoms with Crippen LogP contribution < -0.4 is 0 Å². The highest BCUT2D eigenvalue weighted by Crippen LogP contribution is 2.21.